The third-order valence-corrected chi connectivity index (χ3v) is 3.73. The molecular formula is C15H7BrClFO2. The molecule has 0 atom stereocenters. The molecule has 1 aromatic heterocycles. The Hall–Kier alpha value is -1.65. The fourth-order valence-corrected chi connectivity index (χ4v) is 2.52. The zero-order valence-electron chi connectivity index (χ0n) is 9.99. The summed E-state index contributed by atoms with van der Waals surface area (Å²) in [5.41, 5.74) is 0.450. The SMILES string of the molecule is O=C(c1cc2c(Cl)cccc2o1)c1cc(Br)ccc1F. The van der Waals surface area contributed by atoms with Crippen molar-refractivity contribution in [2.45, 2.75) is 0 Å². The zero-order chi connectivity index (χ0) is 14.3. The summed E-state index contributed by atoms with van der Waals surface area (Å²) in [6.07, 6.45) is 0. The summed E-state index contributed by atoms with van der Waals surface area (Å²) in [7, 11) is 0. The van der Waals surface area contributed by atoms with E-state index in [1.165, 1.54) is 24.3 Å². The molecule has 0 aliphatic carbocycles. The third-order valence-electron chi connectivity index (χ3n) is 2.91. The van der Waals surface area contributed by atoms with Gasteiger partial charge in [-0.15, -0.1) is 0 Å². The van der Waals surface area contributed by atoms with Crippen LogP contribution >= 0.6 is 27.5 Å². The smallest absolute Gasteiger partial charge is 0.231 e. The maximum atomic E-state index is 13.7. The largest absolute Gasteiger partial charge is 0.453 e. The number of carbonyl (C=O) groups is 1. The second-order valence-electron chi connectivity index (χ2n) is 4.22. The Morgan fingerprint density at radius 2 is 2.00 bits per heavy atom. The summed E-state index contributed by atoms with van der Waals surface area (Å²) in [4.78, 5) is 12.3. The molecule has 100 valence electrons. The number of ketones is 1. The van der Waals surface area contributed by atoms with Crippen LogP contribution in [0, 0.1) is 5.82 Å². The van der Waals surface area contributed by atoms with Crippen LogP contribution in [0.3, 0.4) is 0 Å². The Balaban J connectivity index is 2.13. The van der Waals surface area contributed by atoms with Gasteiger partial charge in [0.1, 0.15) is 11.4 Å². The van der Waals surface area contributed by atoms with Gasteiger partial charge in [-0.25, -0.2) is 4.39 Å². The molecule has 0 saturated carbocycles. The van der Waals surface area contributed by atoms with Crippen LogP contribution < -0.4 is 0 Å². The van der Waals surface area contributed by atoms with Gasteiger partial charge in [-0.2, -0.15) is 0 Å². The van der Waals surface area contributed by atoms with Crippen molar-refractivity contribution in [1.82, 2.24) is 0 Å². The standard InChI is InChI=1S/C15H7BrClFO2/c16-8-4-5-12(18)10(6-8)15(19)14-7-9-11(17)2-1-3-13(9)20-14/h1-7H. The van der Waals surface area contributed by atoms with E-state index in [9.17, 15) is 9.18 Å². The van der Waals surface area contributed by atoms with Gasteiger partial charge in [0.15, 0.2) is 5.76 Å². The fourth-order valence-electron chi connectivity index (χ4n) is 1.94. The molecule has 5 heteroatoms. The number of hydrogen-bond donors (Lipinski definition) is 0. The number of halogens is 3. The molecule has 0 fully saturated rings. The molecule has 0 bridgehead atoms. The van der Waals surface area contributed by atoms with Crippen molar-refractivity contribution in [2.24, 2.45) is 0 Å². The fraction of sp³-hybridized carbons (Fsp3) is 0. The topological polar surface area (TPSA) is 30.2 Å². The maximum absolute atomic E-state index is 13.7. The van der Waals surface area contributed by atoms with Crippen LogP contribution in [0.2, 0.25) is 5.02 Å². The molecule has 0 saturated heterocycles. The Morgan fingerprint density at radius 1 is 1.20 bits per heavy atom. The van der Waals surface area contributed by atoms with Gasteiger partial charge in [0, 0.05) is 9.86 Å². The lowest BCUT2D eigenvalue weighted by Gasteiger charge is -2.00. The highest BCUT2D eigenvalue weighted by Gasteiger charge is 2.19. The van der Waals surface area contributed by atoms with E-state index in [1.807, 2.05) is 0 Å². The molecular weight excluding hydrogens is 347 g/mol. The predicted molar refractivity (Wildman–Crippen MR) is 78.8 cm³/mol. The first-order valence-corrected chi connectivity index (χ1v) is 6.91. The third kappa shape index (κ3) is 2.25. The van der Waals surface area contributed by atoms with Gasteiger partial charge in [0.2, 0.25) is 5.78 Å². The van der Waals surface area contributed by atoms with Gasteiger partial charge >= 0.3 is 0 Å². The minimum absolute atomic E-state index is 0.0467. The average Bonchev–Trinajstić information content (AvgIpc) is 2.86. The minimum atomic E-state index is -0.593. The molecule has 0 N–H and O–H groups in total. The first kappa shape index (κ1) is 13.3. The summed E-state index contributed by atoms with van der Waals surface area (Å²) < 4.78 is 19.8. The van der Waals surface area contributed by atoms with Crippen LogP contribution in [-0.4, -0.2) is 5.78 Å². The van der Waals surface area contributed by atoms with Gasteiger partial charge in [-0.05, 0) is 36.4 Å². The monoisotopic (exact) mass is 352 g/mol. The van der Waals surface area contributed by atoms with Gasteiger partial charge < -0.3 is 4.42 Å². The number of carbonyl (C=O) groups excluding carboxylic acids is 1. The lowest BCUT2D eigenvalue weighted by Crippen LogP contribution is -2.02. The van der Waals surface area contributed by atoms with E-state index >= 15 is 0 Å². The van der Waals surface area contributed by atoms with Crippen molar-refractivity contribution < 1.29 is 13.6 Å². The van der Waals surface area contributed by atoms with Gasteiger partial charge in [0.25, 0.3) is 0 Å². The quantitative estimate of drug-likeness (QED) is 0.591. The first-order valence-electron chi connectivity index (χ1n) is 5.74. The first-order chi connectivity index (χ1) is 9.56. The molecule has 20 heavy (non-hydrogen) atoms. The summed E-state index contributed by atoms with van der Waals surface area (Å²) in [6, 6.07) is 10.8. The molecule has 2 nitrogen and oxygen atoms in total. The minimum Gasteiger partial charge on any atom is -0.453 e. The van der Waals surface area contributed by atoms with Crippen molar-refractivity contribution in [3.63, 3.8) is 0 Å². The number of furan rings is 1. The normalized spacial score (nSPS) is 10.9. The van der Waals surface area contributed by atoms with Crippen LogP contribution in [0.25, 0.3) is 11.0 Å². The van der Waals surface area contributed by atoms with E-state index in [4.69, 9.17) is 16.0 Å². The second-order valence-corrected chi connectivity index (χ2v) is 5.54. The summed E-state index contributed by atoms with van der Waals surface area (Å²) >= 11 is 9.24. The van der Waals surface area contributed by atoms with Gasteiger partial charge in [0.05, 0.1) is 10.6 Å². The summed E-state index contributed by atoms with van der Waals surface area (Å²) in [5, 5.41) is 1.12. The van der Waals surface area contributed by atoms with E-state index in [1.54, 1.807) is 18.2 Å². The molecule has 2 aromatic carbocycles. The van der Waals surface area contributed by atoms with Gasteiger partial charge in [-0.3, -0.25) is 4.79 Å². The van der Waals surface area contributed by atoms with Crippen LogP contribution in [-0.2, 0) is 0 Å². The Kier molecular flexibility index (Phi) is 3.36. The summed E-state index contributed by atoms with van der Waals surface area (Å²) in [5.74, 6) is -1.05. The summed E-state index contributed by atoms with van der Waals surface area (Å²) in [6.45, 7) is 0. The molecule has 3 aromatic rings. The van der Waals surface area contributed by atoms with E-state index in [-0.39, 0.29) is 11.3 Å². The van der Waals surface area contributed by atoms with Crippen molar-refractivity contribution in [3.8, 4) is 0 Å². The molecule has 0 amide bonds. The van der Waals surface area contributed by atoms with E-state index < -0.39 is 11.6 Å². The molecule has 0 radical (unpaired) electrons. The zero-order valence-corrected chi connectivity index (χ0v) is 12.3. The van der Waals surface area contributed by atoms with Crippen LogP contribution in [0.5, 0.6) is 0 Å². The van der Waals surface area contributed by atoms with E-state index in [0.29, 0.717) is 20.5 Å². The Bertz CT molecular complexity index is 826. The molecule has 0 aliphatic rings. The molecule has 0 unspecified atom stereocenters. The van der Waals surface area contributed by atoms with Crippen LogP contribution in [0.4, 0.5) is 4.39 Å². The second kappa shape index (κ2) is 5.04. The predicted octanol–water partition coefficient (Wildman–Crippen LogP) is 5.22. The van der Waals surface area contributed by atoms with Crippen LogP contribution in [0.1, 0.15) is 16.1 Å². The molecule has 0 spiro atoms. The van der Waals surface area contributed by atoms with Crippen molar-refractivity contribution >= 4 is 44.3 Å². The van der Waals surface area contributed by atoms with Crippen LogP contribution in [0.15, 0.2) is 51.4 Å². The Morgan fingerprint density at radius 3 is 2.75 bits per heavy atom. The lowest BCUT2D eigenvalue weighted by atomic mass is 10.1. The number of fused-ring (bicyclic) bond motifs is 1. The van der Waals surface area contributed by atoms with Crippen molar-refractivity contribution in [2.75, 3.05) is 0 Å². The molecule has 3 rings (SSSR count). The van der Waals surface area contributed by atoms with Gasteiger partial charge in [-0.1, -0.05) is 33.6 Å². The molecule has 0 aliphatic heterocycles. The number of hydrogen-bond acceptors (Lipinski definition) is 2. The highest BCUT2D eigenvalue weighted by Crippen LogP contribution is 2.28. The maximum Gasteiger partial charge on any atom is 0.231 e. The van der Waals surface area contributed by atoms with Crippen molar-refractivity contribution in [1.29, 1.82) is 0 Å². The highest BCUT2D eigenvalue weighted by atomic mass is 79.9. The number of rotatable bonds is 2. The average molecular weight is 354 g/mol. The van der Waals surface area contributed by atoms with Crippen molar-refractivity contribution in [3.05, 3.63) is 69.1 Å². The lowest BCUT2D eigenvalue weighted by molar-refractivity contribution is 0.101. The Labute approximate surface area is 127 Å². The number of benzene rings is 2. The van der Waals surface area contributed by atoms with E-state index in [2.05, 4.69) is 15.9 Å². The highest BCUT2D eigenvalue weighted by molar-refractivity contribution is 9.10. The molecule has 1 heterocycles. The van der Waals surface area contributed by atoms with E-state index in [0.717, 1.165) is 0 Å².